The predicted molar refractivity (Wildman–Crippen MR) is 78.8 cm³/mol. The van der Waals surface area contributed by atoms with E-state index in [1.54, 1.807) is 0 Å². The summed E-state index contributed by atoms with van der Waals surface area (Å²) in [6, 6.07) is 4.30. The van der Waals surface area contributed by atoms with Gasteiger partial charge >= 0.3 is 0 Å². The van der Waals surface area contributed by atoms with Crippen molar-refractivity contribution in [2.24, 2.45) is 5.92 Å². The Labute approximate surface area is 123 Å². The van der Waals surface area contributed by atoms with Gasteiger partial charge in [-0.3, -0.25) is 4.79 Å². The van der Waals surface area contributed by atoms with Gasteiger partial charge in [-0.1, -0.05) is 11.6 Å². The molecule has 1 aliphatic heterocycles. The maximum Gasteiger partial charge on any atom is 0.228 e. The van der Waals surface area contributed by atoms with E-state index < -0.39 is 9.84 Å². The minimum atomic E-state index is -3.33. The van der Waals surface area contributed by atoms with Crippen LogP contribution in [0.4, 0.5) is 5.69 Å². The minimum Gasteiger partial charge on any atom is -0.324 e. The van der Waals surface area contributed by atoms with Crippen LogP contribution in [0.1, 0.15) is 12.8 Å². The third kappa shape index (κ3) is 3.71. The van der Waals surface area contributed by atoms with Crippen LogP contribution < -0.4 is 10.6 Å². The predicted octanol–water partition coefficient (Wildman–Crippen LogP) is 1.68. The minimum absolute atomic E-state index is 0.110. The molecule has 110 valence electrons. The molecule has 1 fully saturated rings. The van der Waals surface area contributed by atoms with Crippen molar-refractivity contribution in [3.05, 3.63) is 23.2 Å². The molecule has 1 aliphatic rings. The van der Waals surface area contributed by atoms with Crippen molar-refractivity contribution in [2.45, 2.75) is 17.7 Å². The molecule has 0 bridgehead atoms. The van der Waals surface area contributed by atoms with E-state index in [0.717, 1.165) is 25.6 Å². The molecule has 0 spiro atoms. The fourth-order valence-electron chi connectivity index (χ4n) is 2.14. The molecule has 1 unspecified atom stereocenters. The van der Waals surface area contributed by atoms with Crippen LogP contribution in [0.3, 0.4) is 0 Å². The van der Waals surface area contributed by atoms with Gasteiger partial charge in [-0.25, -0.2) is 8.42 Å². The fourth-order valence-corrected chi connectivity index (χ4v) is 2.95. The summed E-state index contributed by atoms with van der Waals surface area (Å²) in [6.07, 6.45) is 2.89. The maximum absolute atomic E-state index is 12.1. The Balaban J connectivity index is 2.18. The topological polar surface area (TPSA) is 75.3 Å². The van der Waals surface area contributed by atoms with Crippen molar-refractivity contribution < 1.29 is 13.2 Å². The van der Waals surface area contributed by atoms with Crippen LogP contribution in [0.15, 0.2) is 23.1 Å². The van der Waals surface area contributed by atoms with Crippen LogP contribution in [0.25, 0.3) is 0 Å². The second kappa shape index (κ2) is 6.11. The van der Waals surface area contributed by atoms with E-state index in [1.165, 1.54) is 18.2 Å². The summed E-state index contributed by atoms with van der Waals surface area (Å²) in [5.74, 6) is -0.244. The first kappa shape index (κ1) is 15.3. The number of halogens is 1. The molecule has 2 rings (SSSR count). The second-order valence-electron chi connectivity index (χ2n) is 4.95. The van der Waals surface area contributed by atoms with Gasteiger partial charge in [0.15, 0.2) is 9.84 Å². The van der Waals surface area contributed by atoms with Crippen molar-refractivity contribution in [1.82, 2.24) is 5.32 Å². The Kier molecular flexibility index (Phi) is 4.67. The first-order valence-corrected chi connectivity index (χ1v) is 8.66. The monoisotopic (exact) mass is 316 g/mol. The van der Waals surface area contributed by atoms with Crippen molar-refractivity contribution in [1.29, 1.82) is 0 Å². The molecule has 1 saturated heterocycles. The van der Waals surface area contributed by atoms with Gasteiger partial charge in [-0.2, -0.15) is 0 Å². The van der Waals surface area contributed by atoms with Gasteiger partial charge in [0, 0.05) is 12.8 Å². The average Bonchev–Trinajstić information content (AvgIpc) is 2.41. The summed E-state index contributed by atoms with van der Waals surface area (Å²) in [5.41, 5.74) is 0.338. The lowest BCUT2D eigenvalue weighted by atomic mass is 9.99. The zero-order chi connectivity index (χ0) is 14.8. The van der Waals surface area contributed by atoms with E-state index in [1.807, 2.05) is 0 Å². The fraction of sp³-hybridized carbons (Fsp3) is 0.462. The molecule has 7 heteroatoms. The molecule has 5 nitrogen and oxygen atoms in total. The van der Waals surface area contributed by atoms with Crippen LogP contribution in [0.2, 0.25) is 5.02 Å². The van der Waals surface area contributed by atoms with Gasteiger partial charge in [0.25, 0.3) is 0 Å². The largest absolute Gasteiger partial charge is 0.324 e. The first-order valence-electron chi connectivity index (χ1n) is 6.39. The Hall–Kier alpha value is -1.11. The number of anilines is 1. The Bertz CT molecular complexity index is 610. The third-order valence-corrected chi connectivity index (χ3v) is 4.73. The zero-order valence-corrected chi connectivity index (χ0v) is 12.7. The van der Waals surface area contributed by atoms with Gasteiger partial charge in [-0.15, -0.1) is 0 Å². The maximum atomic E-state index is 12.1. The number of carbonyl (C=O) groups excluding carboxylic acids is 1. The summed E-state index contributed by atoms with van der Waals surface area (Å²) in [6.45, 7) is 1.56. The third-order valence-electron chi connectivity index (χ3n) is 3.29. The highest BCUT2D eigenvalue weighted by atomic mass is 35.5. The molecule has 2 N–H and O–H groups in total. The molecular weight excluding hydrogens is 300 g/mol. The summed E-state index contributed by atoms with van der Waals surface area (Å²) in [5, 5.41) is 6.21. The lowest BCUT2D eigenvalue weighted by Crippen LogP contribution is -2.37. The standard InChI is InChI=1S/C13H17ClN2O3S/c1-20(18,19)10-4-5-11(14)12(7-10)16-13(17)9-3-2-6-15-8-9/h4-5,7,9,15H,2-3,6,8H2,1H3,(H,16,17). The number of nitrogens with one attached hydrogen (secondary N) is 2. The Morgan fingerprint density at radius 3 is 2.80 bits per heavy atom. The van der Waals surface area contributed by atoms with Crippen LogP contribution in [0, 0.1) is 5.92 Å². The highest BCUT2D eigenvalue weighted by molar-refractivity contribution is 7.90. The van der Waals surface area contributed by atoms with Crippen molar-refractivity contribution in [3.8, 4) is 0 Å². The van der Waals surface area contributed by atoms with E-state index in [4.69, 9.17) is 11.6 Å². The molecule has 20 heavy (non-hydrogen) atoms. The second-order valence-corrected chi connectivity index (χ2v) is 7.37. The lowest BCUT2D eigenvalue weighted by molar-refractivity contribution is -0.120. The summed E-state index contributed by atoms with van der Waals surface area (Å²) in [4.78, 5) is 12.3. The Morgan fingerprint density at radius 2 is 2.20 bits per heavy atom. The normalized spacial score (nSPS) is 19.6. The zero-order valence-electron chi connectivity index (χ0n) is 11.1. The highest BCUT2D eigenvalue weighted by Crippen LogP contribution is 2.26. The SMILES string of the molecule is CS(=O)(=O)c1ccc(Cl)c(NC(=O)C2CCCNC2)c1. The molecule has 0 saturated carbocycles. The highest BCUT2D eigenvalue weighted by Gasteiger charge is 2.22. The number of rotatable bonds is 3. The molecule has 0 aliphatic carbocycles. The number of amides is 1. The lowest BCUT2D eigenvalue weighted by Gasteiger charge is -2.22. The summed E-state index contributed by atoms with van der Waals surface area (Å²) >= 11 is 6.00. The van der Waals surface area contributed by atoms with Gasteiger partial charge in [0.1, 0.15) is 0 Å². The van der Waals surface area contributed by atoms with Crippen molar-refractivity contribution in [2.75, 3.05) is 24.7 Å². The molecule has 1 aromatic carbocycles. The average molecular weight is 317 g/mol. The number of hydrogen-bond donors (Lipinski definition) is 2. The van der Waals surface area contributed by atoms with E-state index in [9.17, 15) is 13.2 Å². The molecule has 1 amide bonds. The smallest absolute Gasteiger partial charge is 0.228 e. The van der Waals surface area contributed by atoms with Gasteiger partial charge in [-0.05, 0) is 37.6 Å². The van der Waals surface area contributed by atoms with Crippen molar-refractivity contribution in [3.63, 3.8) is 0 Å². The number of carbonyl (C=O) groups is 1. The van der Waals surface area contributed by atoms with Gasteiger partial charge < -0.3 is 10.6 Å². The van der Waals surface area contributed by atoms with E-state index in [-0.39, 0.29) is 16.7 Å². The molecule has 0 aromatic heterocycles. The molecule has 1 heterocycles. The van der Waals surface area contributed by atoms with Crippen LogP contribution >= 0.6 is 11.6 Å². The number of benzene rings is 1. The van der Waals surface area contributed by atoms with Crippen LogP contribution in [-0.2, 0) is 14.6 Å². The van der Waals surface area contributed by atoms with Gasteiger partial charge in [0.2, 0.25) is 5.91 Å². The Morgan fingerprint density at radius 1 is 1.45 bits per heavy atom. The van der Waals surface area contributed by atoms with E-state index in [0.29, 0.717) is 17.3 Å². The number of piperidine rings is 1. The first-order chi connectivity index (χ1) is 9.38. The molecule has 0 radical (unpaired) electrons. The van der Waals surface area contributed by atoms with Crippen LogP contribution in [-0.4, -0.2) is 33.7 Å². The molecule has 1 aromatic rings. The molecular formula is C13H17ClN2O3S. The van der Waals surface area contributed by atoms with Crippen LogP contribution in [0.5, 0.6) is 0 Å². The van der Waals surface area contributed by atoms with Crippen molar-refractivity contribution >= 4 is 33.0 Å². The number of hydrogen-bond acceptors (Lipinski definition) is 4. The number of sulfone groups is 1. The summed E-state index contributed by atoms with van der Waals surface area (Å²) < 4.78 is 23.0. The quantitative estimate of drug-likeness (QED) is 0.889. The van der Waals surface area contributed by atoms with E-state index >= 15 is 0 Å². The van der Waals surface area contributed by atoms with Gasteiger partial charge in [0.05, 0.1) is 21.5 Å². The molecule has 1 atom stereocenters. The van der Waals surface area contributed by atoms with E-state index in [2.05, 4.69) is 10.6 Å². The summed E-state index contributed by atoms with van der Waals surface area (Å²) in [7, 11) is -3.33.